The van der Waals surface area contributed by atoms with E-state index >= 15 is 0 Å². The average molecular weight is 391 g/mol. The SMILES string of the molecule is [Co+2].[OH3+].[OH3+].c1cnc(-c2nn[n-]n2)cn1.c1cnc(-c2nnn[n-]2)cn1. The summed E-state index contributed by atoms with van der Waals surface area (Å²) < 4.78 is 0. The molecule has 6 N–H and O–H groups in total. The molecule has 25 heavy (non-hydrogen) atoms. The standard InChI is InChI=1S/2C5H3N6.Co.2H2O/c2*1-2-7-4(3-6-1)5-8-10-11-9-5;;;/h2*1-3H;;2*1H2/q2*-1;+2;;/p+2. The molecule has 0 aliphatic rings. The van der Waals surface area contributed by atoms with Gasteiger partial charge in [0.25, 0.3) is 0 Å². The summed E-state index contributed by atoms with van der Waals surface area (Å²) in [6.45, 7) is 0. The Hall–Kier alpha value is -3.27. The summed E-state index contributed by atoms with van der Waals surface area (Å²) in [5, 5.41) is 27.7. The van der Waals surface area contributed by atoms with E-state index in [1.165, 1.54) is 0 Å². The van der Waals surface area contributed by atoms with E-state index in [0.29, 0.717) is 23.0 Å². The quantitative estimate of drug-likeness (QED) is 0.307. The van der Waals surface area contributed by atoms with Gasteiger partial charge in [0.2, 0.25) is 0 Å². The molecule has 4 aromatic heterocycles. The van der Waals surface area contributed by atoms with Crippen molar-refractivity contribution in [3.63, 3.8) is 0 Å². The van der Waals surface area contributed by atoms with Crippen LogP contribution in [-0.4, -0.2) is 50.9 Å². The van der Waals surface area contributed by atoms with Gasteiger partial charge in [0.1, 0.15) is 5.69 Å². The Morgan fingerprint density at radius 2 is 1.44 bits per heavy atom. The van der Waals surface area contributed by atoms with Crippen LogP contribution in [0.4, 0.5) is 0 Å². The van der Waals surface area contributed by atoms with Gasteiger partial charge in [0, 0.05) is 24.8 Å². The van der Waals surface area contributed by atoms with Gasteiger partial charge in [-0.2, -0.15) is 5.21 Å². The summed E-state index contributed by atoms with van der Waals surface area (Å²) in [5.74, 6) is 0.802. The molecule has 0 fully saturated rings. The van der Waals surface area contributed by atoms with Gasteiger partial charge in [-0.25, -0.2) is 5.10 Å². The van der Waals surface area contributed by atoms with E-state index < -0.39 is 0 Å². The predicted octanol–water partition coefficient (Wildman–Crippen LogP) is -3.27. The second-order valence-corrected chi connectivity index (χ2v) is 3.59. The predicted molar refractivity (Wildman–Crippen MR) is 78.1 cm³/mol. The van der Waals surface area contributed by atoms with Crippen LogP contribution in [0, 0.1) is 0 Å². The molecule has 0 spiro atoms. The molecule has 0 aliphatic carbocycles. The fraction of sp³-hybridized carbons (Fsp3) is 0. The number of hydrogen-bond donors (Lipinski definition) is 0. The molecule has 0 unspecified atom stereocenters. The third-order valence-electron chi connectivity index (χ3n) is 2.22. The molecule has 14 nitrogen and oxygen atoms in total. The maximum atomic E-state index is 3.95. The maximum absolute atomic E-state index is 3.95. The first kappa shape index (κ1) is 21.7. The van der Waals surface area contributed by atoms with Crippen LogP contribution in [0.25, 0.3) is 23.0 Å². The Morgan fingerprint density at radius 3 is 1.92 bits per heavy atom. The smallest absolute Gasteiger partial charge is 0.457 e. The molecule has 4 heterocycles. The largest absolute Gasteiger partial charge is 2.00 e. The molecule has 0 amide bonds. The Morgan fingerprint density at radius 1 is 0.760 bits per heavy atom. The van der Waals surface area contributed by atoms with Crippen molar-refractivity contribution in [3.05, 3.63) is 37.2 Å². The van der Waals surface area contributed by atoms with Crippen LogP contribution in [0.15, 0.2) is 37.2 Å². The fourth-order valence-corrected chi connectivity index (χ4v) is 1.32. The van der Waals surface area contributed by atoms with Crippen molar-refractivity contribution in [1.29, 1.82) is 0 Å². The van der Waals surface area contributed by atoms with Gasteiger partial charge in [0.15, 0.2) is 0 Å². The van der Waals surface area contributed by atoms with E-state index in [2.05, 4.69) is 61.2 Å². The molecule has 0 aliphatic heterocycles. The minimum absolute atomic E-state index is 0. The van der Waals surface area contributed by atoms with Gasteiger partial charge in [-0.1, -0.05) is 0 Å². The fourth-order valence-electron chi connectivity index (χ4n) is 1.32. The van der Waals surface area contributed by atoms with E-state index in [0.717, 1.165) is 0 Å². The molecule has 4 aromatic rings. The number of hydrogen-bond acceptors (Lipinski definition) is 10. The summed E-state index contributed by atoms with van der Waals surface area (Å²) in [6, 6.07) is 0. The van der Waals surface area contributed by atoms with Crippen LogP contribution in [0.2, 0.25) is 0 Å². The minimum Gasteiger partial charge on any atom is -0.457 e. The van der Waals surface area contributed by atoms with Crippen LogP contribution >= 0.6 is 0 Å². The molecular formula is C10H12CoN12O2+2. The topological polar surface area (TPSA) is 223 Å². The zero-order valence-electron chi connectivity index (χ0n) is 12.3. The van der Waals surface area contributed by atoms with Crippen LogP contribution in [0.3, 0.4) is 0 Å². The summed E-state index contributed by atoms with van der Waals surface area (Å²) in [4.78, 5) is 15.6. The van der Waals surface area contributed by atoms with E-state index in [4.69, 9.17) is 0 Å². The molecule has 4 rings (SSSR count). The summed E-state index contributed by atoms with van der Waals surface area (Å²) in [6.07, 6.45) is 9.38. The Kier molecular flexibility index (Phi) is 9.81. The molecule has 0 aromatic carbocycles. The van der Waals surface area contributed by atoms with Gasteiger partial charge in [-0.3, -0.25) is 40.7 Å². The minimum atomic E-state index is 0. The molecule has 15 heteroatoms. The monoisotopic (exact) mass is 391 g/mol. The van der Waals surface area contributed by atoms with Crippen molar-refractivity contribution < 1.29 is 27.7 Å². The normalized spacial score (nSPS) is 8.64. The number of tetrazole rings is 2. The first-order chi connectivity index (χ1) is 10.9. The van der Waals surface area contributed by atoms with E-state index in [9.17, 15) is 0 Å². The van der Waals surface area contributed by atoms with Gasteiger partial charge in [0.05, 0.1) is 29.7 Å². The molecule has 0 atom stereocenters. The van der Waals surface area contributed by atoms with Crippen LogP contribution in [-0.2, 0) is 27.7 Å². The molecule has 0 saturated carbocycles. The van der Waals surface area contributed by atoms with Gasteiger partial charge >= 0.3 is 16.8 Å². The van der Waals surface area contributed by atoms with Crippen LogP contribution in [0.1, 0.15) is 0 Å². The van der Waals surface area contributed by atoms with Crippen LogP contribution in [0.5, 0.6) is 0 Å². The molecular weight excluding hydrogens is 379 g/mol. The number of nitrogens with zero attached hydrogens (tertiary/aromatic N) is 12. The van der Waals surface area contributed by atoms with Gasteiger partial charge < -0.3 is 21.1 Å². The molecule has 0 bridgehead atoms. The molecule has 1 radical (unpaired) electrons. The summed E-state index contributed by atoms with van der Waals surface area (Å²) in [5.41, 5.74) is 1.16. The summed E-state index contributed by atoms with van der Waals surface area (Å²) in [7, 11) is 0. The number of rotatable bonds is 2. The van der Waals surface area contributed by atoms with Gasteiger partial charge in [-0.15, -0.1) is 0 Å². The molecule has 131 valence electrons. The first-order valence-corrected chi connectivity index (χ1v) is 5.83. The van der Waals surface area contributed by atoms with Crippen molar-refractivity contribution in [2.45, 2.75) is 0 Å². The summed E-state index contributed by atoms with van der Waals surface area (Å²) >= 11 is 0. The Labute approximate surface area is 149 Å². The third kappa shape index (κ3) is 6.03. The third-order valence-corrected chi connectivity index (χ3v) is 2.22. The maximum Gasteiger partial charge on any atom is 2.00 e. The zero-order valence-corrected chi connectivity index (χ0v) is 13.4. The second-order valence-electron chi connectivity index (χ2n) is 3.59. The van der Waals surface area contributed by atoms with Gasteiger partial charge in [-0.05, 0) is 0 Å². The van der Waals surface area contributed by atoms with Crippen LogP contribution < -0.4 is 10.3 Å². The molecule has 0 saturated heterocycles. The second kappa shape index (κ2) is 11.3. The van der Waals surface area contributed by atoms with E-state index in [-0.39, 0.29) is 27.7 Å². The first-order valence-electron chi connectivity index (χ1n) is 5.83. The Bertz CT molecular complexity index is 714. The van der Waals surface area contributed by atoms with Crippen molar-refractivity contribution >= 4 is 0 Å². The zero-order chi connectivity index (χ0) is 15.0. The Balaban J connectivity index is 0.000000411. The number of aromatic nitrogens is 12. The average Bonchev–Trinajstić information content (AvgIpc) is 3.31. The van der Waals surface area contributed by atoms with Crippen molar-refractivity contribution in [3.8, 4) is 23.0 Å². The van der Waals surface area contributed by atoms with Crippen molar-refractivity contribution in [1.82, 2.24) is 61.2 Å². The van der Waals surface area contributed by atoms with Crippen molar-refractivity contribution in [2.75, 3.05) is 0 Å². The van der Waals surface area contributed by atoms with E-state index in [1.54, 1.807) is 37.2 Å². The van der Waals surface area contributed by atoms with Crippen molar-refractivity contribution in [2.24, 2.45) is 0 Å². The van der Waals surface area contributed by atoms with E-state index in [1.807, 2.05) is 0 Å².